The van der Waals surface area contributed by atoms with Gasteiger partial charge in [-0.05, 0) is 35.7 Å². The molecule has 4 rings (SSSR count). The van der Waals surface area contributed by atoms with Gasteiger partial charge >= 0.3 is 0 Å². The third-order valence-electron chi connectivity index (χ3n) is 4.22. The van der Waals surface area contributed by atoms with Gasteiger partial charge in [0.15, 0.2) is 0 Å². The molecule has 4 aromatic rings. The normalized spacial score (nSPS) is 10.9. The van der Waals surface area contributed by atoms with Crippen LogP contribution < -0.4 is 10.1 Å². The van der Waals surface area contributed by atoms with E-state index in [2.05, 4.69) is 15.5 Å². The van der Waals surface area contributed by atoms with E-state index in [1.807, 2.05) is 17.5 Å². The zero-order valence-electron chi connectivity index (χ0n) is 14.5. The van der Waals surface area contributed by atoms with Crippen molar-refractivity contribution in [3.63, 3.8) is 0 Å². The molecule has 0 atom stereocenters. The van der Waals surface area contributed by atoms with Gasteiger partial charge < -0.3 is 10.1 Å². The van der Waals surface area contributed by atoms with Crippen molar-refractivity contribution in [1.29, 1.82) is 0 Å². The van der Waals surface area contributed by atoms with Crippen molar-refractivity contribution in [1.82, 2.24) is 15.5 Å². The first-order chi connectivity index (χ1) is 13.2. The number of nitrogens with one attached hydrogen (secondary N) is 2. The van der Waals surface area contributed by atoms with Gasteiger partial charge in [0.05, 0.1) is 13.7 Å². The highest BCUT2D eigenvalue weighted by Gasteiger charge is 2.17. The van der Waals surface area contributed by atoms with E-state index in [1.165, 1.54) is 19.2 Å². The Labute approximate surface area is 158 Å². The fraction of sp³-hybridized carbons (Fsp3) is 0.100. The minimum absolute atomic E-state index is 0.213. The molecule has 5 nitrogen and oxygen atoms in total. The number of carbonyl (C=O) groups excluding carboxylic acids is 1. The van der Waals surface area contributed by atoms with Gasteiger partial charge in [-0.3, -0.25) is 9.89 Å². The van der Waals surface area contributed by atoms with Crippen molar-refractivity contribution < 1.29 is 13.9 Å². The monoisotopic (exact) mass is 381 g/mol. The van der Waals surface area contributed by atoms with Crippen molar-refractivity contribution >= 4 is 28.1 Å². The Balaban J connectivity index is 1.73. The summed E-state index contributed by atoms with van der Waals surface area (Å²) in [6.07, 6.45) is 0. The molecule has 2 aromatic carbocycles. The quantitative estimate of drug-likeness (QED) is 0.539. The Morgan fingerprint density at radius 3 is 2.89 bits per heavy atom. The number of aromatic nitrogens is 2. The highest BCUT2D eigenvalue weighted by Crippen LogP contribution is 2.33. The minimum Gasteiger partial charge on any atom is -0.494 e. The molecule has 0 spiro atoms. The molecule has 2 N–H and O–H groups in total. The number of carbonyl (C=O) groups is 1. The van der Waals surface area contributed by atoms with Gasteiger partial charge in [0.25, 0.3) is 5.91 Å². The molecule has 0 bridgehead atoms. The second-order valence-corrected chi connectivity index (χ2v) is 6.98. The number of amides is 1. The second kappa shape index (κ2) is 7.20. The summed E-state index contributed by atoms with van der Waals surface area (Å²) >= 11 is 1.58. The largest absolute Gasteiger partial charge is 0.494 e. The fourth-order valence-electron chi connectivity index (χ4n) is 2.92. The lowest BCUT2D eigenvalue weighted by Gasteiger charge is -2.08. The number of thiophene rings is 1. The zero-order valence-corrected chi connectivity index (χ0v) is 15.3. The zero-order chi connectivity index (χ0) is 18.8. The standard InChI is InChI=1S/C20H16FN3O2S/c1-26-17-10-13(20(25)22-11-15-6-3-7-27-15)9-16-18(23-24-19(16)17)12-4-2-5-14(21)8-12/h2-10H,11H2,1H3,(H,22,25)(H,23,24). The van der Waals surface area contributed by atoms with E-state index in [1.54, 1.807) is 35.6 Å². The van der Waals surface area contributed by atoms with Crippen LogP contribution in [0.15, 0.2) is 53.9 Å². The van der Waals surface area contributed by atoms with Crippen LogP contribution in [0.3, 0.4) is 0 Å². The van der Waals surface area contributed by atoms with Gasteiger partial charge in [0, 0.05) is 21.4 Å². The van der Waals surface area contributed by atoms with E-state index in [0.29, 0.717) is 40.0 Å². The van der Waals surface area contributed by atoms with Crippen LogP contribution in [0.25, 0.3) is 22.2 Å². The van der Waals surface area contributed by atoms with E-state index in [9.17, 15) is 9.18 Å². The first kappa shape index (κ1) is 17.2. The second-order valence-electron chi connectivity index (χ2n) is 5.95. The van der Waals surface area contributed by atoms with E-state index in [4.69, 9.17) is 4.74 Å². The summed E-state index contributed by atoms with van der Waals surface area (Å²) < 4.78 is 19.0. The SMILES string of the molecule is COc1cc(C(=O)NCc2cccs2)cc2c(-c3cccc(F)c3)n[nH]c12. The molecule has 1 amide bonds. The third kappa shape index (κ3) is 3.41. The number of hydrogen-bond acceptors (Lipinski definition) is 4. The maximum absolute atomic E-state index is 13.6. The summed E-state index contributed by atoms with van der Waals surface area (Å²) in [7, 11) is 1.53. The lowest BCUT2D eigenvalue weighted by Crippen LogP contribution is -2.22. The smallest absolute Gasteiger partial charge is 0.251 e. The lowest BCUT2D eigenvalue weighted by atomic mass is 10.0. The number of halogens is 1. The van der Waals surface area contributed by atoms with Gasteiger partial charge in [-0.15, -0.1) is 11.3 Å². The fourth-order valence-corrected chi connectivity index (χ4v) is 3.56. The van der Waals surface area contributed by atoms with Crippen molar-refractivity contribution in [2.45, 2.75) is 6.54 Å². The van der Waals surface area contributed by atoms with Crippen LogP contribution in [0.2, 0.25) is 0 Å². The van der Waals surface area contributed by atoms with Gasteiger partial charge in [0.2, 0.25) is 0 Å². The average molecular weight is 381 g/mol. The number of benzene rings is 2. The molecule has 0 aliphatic rings. The molecule has 27 heavy (non-hydrogen) atoms. The Morgan fingerprint density at radius 1 is 1.26 bits per heavy atom. The molecule has 2 heterocycles. The number of nitrogens with zero attached hydrogens (tertiary/aromatic N) is 1. The summed E-state index contributed by atoms with van der Waals surface area (Å²) in [5.74, 6) is -0.0561. The molecular formula is C20H16FN3O2S. The van der Waals surface area contributed by atoms with E-state index in [-0.39, 0.29) is 11.7 Å². The number of H-pyrrole nitrogens is 1. The van der Waals surface area contributed by atoms with Crippen molar-refractivity contribution in [2.75, 3.05) is 7.11 Å². The predicted molar refractivity (Wildman–Crippen MR) is 104 cm³/mol. The average Bonchev–Trinajstić information content (AvgIpc) is 3.34. The van der Waals surface area contributed by atoms with Crippen LogP contribution in [0.5, 0.6) is 5.75 Å². The summed E-state index contributed by atoms with van der Waals surface area (Å²) in [6.45, 7) is 0.457. The Bertz CT molecular complexity index is 1110. The maximum Gasteiger partial charge on any atom is 0.251 e. The van der Waals surface area contributed by atoms with Crippen LogP contribution in [-0.2, 0) is 6.54 Å². The van der Waals surface area contributed by atoms with Crippen LogP contribution in [-0.4, -0.2) is 23.2 Å². The lowest BCUT2D eigenvalue weighted by molar-refractivity contribution is 0.0951. The Hall–Kier alpha value is -3.19. The Kier molecular flexibility index (Phi) is 4.60. The minimum atomic E-state index is -0.347. The van der Waals surface area contributed by atoms with Crippen molar-refractivity contribution in [3.8, 4) is 17.0 Å². The molecule has 0 saturated carbocycles. The molecule has 136 valence electrons. The van der Waals surface area contributed by atoms with Gasteiger partial charge in [-0.25, -0.2) is 4.39 Å². The molecule has 2 aromatic heterocycles. The number of methoxy groups -OCH3 is 1. The summed E-state index contributed by atoms with van der Waals surface area (Å²) in [5.41, 5.74) is 2.30. The van der Waals surface area contributed by atoms with E-state index in [0.717, 1.165) is 4.88 Å². The van der Waals surface area contributed by atoms with Crippen molar-refractivity contribution in [3.05, 3.63) is 70.2 Å². The predicted octanol–water partition coefficient (Wildman–Crippen LogP) is 4.37. The number of hydrogen-bond donors (Lipinski definition) is 2. The summed E-state index contributed by atoms with van der Waals surface area (Å²) in [6, 6.07) is 13.5. The first-order valence-corrected chi connectivity index (χ1v) is 9.16. The van der Waals surface area contributed by atoms with Crippen LogP contribution >= 0.6 is 11.3 Å². The number of ether oxygens (including phenoxy) is 1. The first-order valence-electron chi connectivity index (χ1n) is 8.28. The highest BCUT2D eigenvalue weighted by molar-refractivity contribution is 7.09. The van der Waals surface area contributed by atoms with Crippen LogP contribution in [0.1, 0.15) is 15.2 Å². The molecule has 7 heteroatoms. The Morgan fingerprint density at radius 2 is 2.15 bits per heavy atom. The van der Waals surface area contributed by atoms with Gasteiger partial charge in [-0.1, -0.05) is 18.2 Å². The third-order valence-corrected chi connectivity index (χ3v) is 5.10. The molecule has 0 radical (unpaired) electrons. The van der Waals surface area contributed by atoms with E-state index >= 15 is 0 Å². The molecule has 0 fully saturated rings. The number of rotatable bonds is 5. The van der Waals surface area contributed by atoms with Crippen molar-refractivity contribution in [2.24, 2.45) is 0 Å². The highest BCUT2D eigenvalue weighted by atomic mass is 32.1. The van der Waals surface area contributed by atoms with E-state index < -0.39 is 0 Å². The number of fused-ring (bicyclic) bond motifs is 1. The van der Waals surface area contributed by atoms with Crippen LogP contribution in [0, 0.1) is 5.82 Å². The van der Waals surface area contributed by atoms with Crippen LogP contribution in [0.4, 0.5) is 4.39 Å². The van der Waals surface area contributed by atoms with Gasteiger partial charge in [0.1, 0.15) is 22.8 Å². The molecule has 0 aliphatic carbocycles. The molecule has 0 aliphatic heterocycles. The molecule has 0 saturated heterocycles. The van der Waals surface area contributed by atoms with Gasteiger partial charge in [-0.2, -0.15) is 5.10 Å². The maximum atomic E-state index is 13.6. The number of aromatic amines is 1. The molecule has 0 unspecified atom stereocenters. The molecular weight excluding hydrogens is 365 g/mol. The summed E-state index contributed by atoms with van der Waals surface area (Å²) in [4.78, 5) is 13.7. The summed E-state index contributed by atoms with van der Waals surface area (Å²) in [5, 5.41) is 12.8. The topological polar surface area (TPSA) is 67.0 Å².